The van der Waals surface area contributed by atoms with E-state index >= 15 is 0 Å². The Bertz CT molecular complexity index is 1400. The number of H-pyrrole nitrogens is 1. The average Bonchev–Trinajstić information content (AvgIpc) is 3.48. The van der Waals surface area contributed by atoms with Crippen LogP contribution in [-0.4, -0.2) is 48.0 Å². The fourth-order valence-corrected chi connectivity index (χ4v) is 3.59. The minimum absolute atomic E-state index is 0.0236. The van der Waals surface area contributed by atoms with E-state index in [-0.39, 0.29) is 17.4 Å². The number of aromatic amines is 1. The van der Waals surface area contributed by atoms with Crippen LogP contribution in [0.1, 0.15) is 12.8 Å². The van der Waals surface area contributed by atoms with Gasteiger partial charge in [0.05, 0.1) is 24.0 Å². The molecule has 0 unspecified atom stereocenters. The number of tetrazole rings is 1. The number of para-hydroxylation sites is 1. The zero-order valence-electron chi connectivity index (χ0n) is 17.7. The maximum Gasteiger partial charge on any atom is 0.277 e. The van der Waals surface area contributed by atoms with E-state index in [9.17, 15) is 9.59 Å². The average molecular weight is 435 g/mol. The topological polar surface area (TPSA) is 145 Å². The van der Waals surface area contributed by atoms with Crippen molar-refractivity contribution in [2.45, 2.75) is 12.8 Å². The first-order chi connectivity index (χ1) is 15.5. The Morgan fingerprint density at radius 3 is 2.75 bits per heavy atom. The van der Waals surface area contributed by atoms with E-state index in [1.165, 1.54) is 4.68 Å². The summed E-state index contributed by atoms with van der Waals surface area (Å²) in [5.74, 6) is 1.34. The van der Waals surface area contributed by atoms with Gasteiger partial charge in [-0.05, 0) is 35.4 Å². The largest absolute Gasteiger partial charge is 0.494 e. The highest BCUT2D eigenvalue weighted by Gasteiger charge is 2.30. The molecule has 3 aromatic heterocycles. The van der Waals surface area contributed by atoms with Crippen molar-refractivity contribution in [3.05, 3.63) is 34.6 Å². The Kier molecular flexibility index (Phi) is 4.61. The van der Waals surface area contributed by atoms with Gasteiger partial charge in [0.25, 0.3) is 5.56 Å². The minimum Gasteiger partial charge on any atom is -0.494 e. The smallest absolute Gasteiger partial charge is 0.277 e. The molecule has 32 heavy (non-hydrogen) atoms. The number of carbonyl (C=O) groups is 1. The monoisotopic (exact) mass is 435 g/mol. The molecule has 3 heterocycles. The van der Waals surface area contributed by atoms with Gasteiger partial charge in [-0.15, -0.1) is 5.10 Å². The second-order valence-corrected chi connectivity index (χ2v) is 7.66. The summed E-state index contributed by atoms with van der Waals surface area (Å²) in [5.41, 5.74) is 1.88. The van der Waals surface area contributed by atoms with Gasteiger partial charge in [-0.25, -0.2) is 9.67 Å². The highest BCUT2D eigenvalue weighted by atomic mass is 16.5. The summed E-state index contributed by atoms with van der Waals surface area (Å²) < 4.78 is 8.54. The predicted octanol–water partition coefficient (Wildman–Crippen LogP) is 1.55. The molecule has 0 spiro atoms. The lowest BCUT2D eigenvalue weighted by atomic mass is 10.1. The van der Waals surface area contributed by atoms with Gasteiger partial charge in [-0.3, -0.25) is 19.4 Å². The molecule has 1 amide bonds. The van der Waals surface area contributed by atoms with E-state index in [0.717, 1.165) is 12.8 Å². The van der Waals surface area contributed by atoms with E-state index in [2.05, 4.69) is 36.2 Å². The van der Waals surface area contributed by atoms with Crippen LogP contribution in [0.3, 0.4) is 0 Å². The minimum atomic E-state index is -0.248. The molecular weight excluding hydrogens is 414 g/mol. The summed E-state index contributed by atoms with van der Waals surface area (Å²) in [6, 6.07) is 7.14. The Balaban J connectivity index is 1.61. The number of carbonyl (C=O) groups excluding carboxylic acids is 1. The van der Waals surface area contributed by atoms with Gasteiger partial charge in [0.1, 0.15) is 11.2 Å². The number of benzene rings is 1. The van der Waals surface area contributed by atoms with E-state index < -0.39 is 0 Å². The van der Waals surface area contributed by atoms with Crippen LogP contribution in [-0.2, 0) is 18.9 Å². The summed E-state index contributed by atoms with van der Waals surface area (Å²) in [7, 11) is 4.89. The van der Waals surface area contributed by atoms with Crippen molar-refractivity contribution in [3.8, 4) is 17.1 Å². The van der Waals surface area contributed by atoms with Gasteiger partial charge in [-0.1, -0.05) is 6.07 Å². The van der Waals surface area contributed by atoms with Gasteiger partial charge >= 0.3 is 0 Å². The molecule has 0 aliphatic heterocycles. The lowest BCUT2D eigenvalue weighted by molar-refractivity contribution is -0.117. The Hall–Kier alpha value is -4.22. The van der Waals surface area contributed by atoms with Crippen molar-refractivity contribution < 1.29 is 9.53 Å². The molecule has 1 fully saturated rings. The molecule has 1 aliphatic carbocycles. The summed E-state index contributed by atoms with van der Waals surface area (Å²) >= 11 is 0. The zero-order valence-corrected chi connectivity index (χ0v) is 17.7. The van der Waals surface area contributed by atoms with Gasteiger partial charge < -0.3 is 15.4 Å². The third-order valence-corrected chi connectivity index (χ3v) is 5.36. The van der Waals surface area contributed by atoms with Gasteiger partial charge in [0, 0.05) is 26.1 Å². The number of fused-ring (bicyclic) bond motifs is 1. The Morgan fingerprint density at radius 1 is 1.25 bits per heavy atom. The van der Waals surface area contributed by atoms with Crippen LogP contribution in [0.25, 0.3) is 22.4 Å². The number of hydrogen-bond donors (Lipinski definition) is 3. The lowest BCUT2D eigenvalue weighted by Gasteiger charge is -2.15. The van der Waals surface area contributed by atoms with Gasteiger partial charge in [0.15, 0.2) is 17.2 Å². The highest BCUT2D eigenvalue weighted by molar-refractivity contribution is 5.98. The van der Waals surface area contributed by atoms with Crippen molar-refractivity contribution >= 4 is 34.1 Å². The molecule has 4 aromatic rings. The van der Waals surface area contributed by atoms with Crippen molar-refractivity contribution in [1.82, 2.24) is 35.0 Å². The Morgan fingerprint density at radius 2 is 2.06 bits per heavy atom. The highest BCUT2D eigenvalue weighted by Crippen LogP contribution is 2.38. The predicted molar refractivity (Wildman–Crippen MR) is 117 cm³/mol. The molecule has 0 bridgehead atoms. The van der Waals surface area contributed by atoms with Crippen LogP contribution >= 0.6 is 0 Å². The lowest BCUT2D eigenvalue weighted by Crippen LogP contribution is -2.15. The second kappa shape index (κ2) is 7.48. The fraction of sp³-hybridized carbons (Fsp3) is 0.300. The number of aryl methyl sites for hydroxylation is 2. The Labute approximate surface area is 181 Å². The second-order valence-electron chi connectivity index (χ2n) is 7.66. The number of pyridine rings is 1. The first-order valence-corrected chi connectivity index (χ1v) is 10.0. The van der Waals surface area contributed by atoms with Crippen LogP contribution in [0, 0.1) is 5.92 Å². The molecule has 3 N–H and O–H groups in total. The van der Waals surface area contributed by atoms with E-state index in [1.54, 1.807) is 32.0 Å². The number of methoxy groups -OCH3 is 1. The molecule has 5 rings (SSSR count). The number of ether oxygens (including phenoxy) is 1. The van der Waals surface area contributed by atoms with Crippen LogP contribution < -0.4 is 20.9 Å². The molecule has 1 aliphatic rings. The van der Waals surface area contributed by atoms with E-state index in [0.29, 0.717) is 45.4 Å². The van der Waals surface area contributed by atoms with Crippen molar-refractivity contribution in [1.29, 1.82) is 0 Å². The number of hydrogen-bond acceptors (Lipinski definition) is 8. The first-order valence-electron chi connectivity index (χ1n) is 10.0. The van der Waals surface area contributed by atoms with Gasteiger partial charge in [0.2, 0.25) is 5.91 Å². The number of nitrogens with zero attached hydrogens (tertiary/aromatic N) is 6. The summed E-state index contributed by atoms with van der Waals surface area (Å²) in [6.07, 6.45) is 1.75. The number of amides is 1. The molecule has 164 valence electrons. The third-order valence-electron chi connectivity index (χ3n) is 5.36. The standard InChI is InChI=1S/C20H21N9O3/c1-28-18(24-26-27-28)11-5-4-6-12(16(11)32-3)21-13-9-14(23-19(30)10-7-8-10)22-17-15(13)20(31)29(2)25-17/h4-6,9-10H,7-8H2,1-3H3,(H3,21,22,23,25,30). The summed E-state index contributed by atoms with van der Waals surface area (Å²) in [5, 5.41) is 21.0. The normalized spacial score (nSPS) is 13.3. The van der Waals surface area contributed by atoms with Crippen molar-refractivity contribution in [2.24, 2.45) is 20.0 Å². The summed E-state index contributed by atoms with van der Waals surface area (Å²) in [4.78, 5) is 29.4. The molecule has 0 saturated heterocycles. The molecule has 0 radical (unpaired) electrons. The number of nitrogens with one attached hydrogen (secondary N) is 3. The fourth-order valence-electron chi connectivity index (χ4n) is 3.59. The number of aromatic nitrogens is 7. The van der Waals surface area contributed by atoms with Crippen LogP contribution in [0.4, 0.5) is 17.2 Å². The quantitative estimate of drug-likeness (QED) is 0.414. The van der Waals surface area contributed by atoms with E-state index in [1.807, 2.05) is 18.2 Å². The molecule has 1 aromatic carbocycles. The summed E-state index contributed by atoms with van der Waals surface area (Å²) in [6.45, 7) is 0. The maximum atomic E-state index is 12.7. The molecular formula is C20H21N9O3. The van der Waals surface area contributed by atoms with Crippen molar-refractivity contribution in [3.63, 3.8) is 0 Å². The molecule has 1 saturated carbocycles. The maximum absolute atomic E-state index is 12.7. The van der Waals surface area contributed by atoms with E-state index in [4.69, 9.17) is 4.74 Å². The third kappa shape index (κ3) is 3.35. The van der Waals surface area contributed by atoms with Crippen LogP contribution in [0.15, 0.2) is 29.1 Å². The van der Waals surface area contributed by atoms with Crippen molar-refractivity contribution in [2.75, 3.05) is 17.7 Å². The number of rotatable bonds is 6. The first kappa shape index (κ1) is 19.7. The number of anilines is 3. The van der Waals surface area contributed by atoms with Gasteiger partial charge in [-0.2, -0.15) is 0 Å². The molecule has 12 nitrogen and oxygen atoms in total. The van der Waals surface area contributed by atoms with Crippen LogP contribution in [0.2, 0.25) is 0 Å². The molecule has 12 heteroatoms. The zero-order chi connectivity index (χ0) is 22.4. The van der Waals surface area contributed by atoms with Crippen LogP contribution in [0.5, 0.6) is 5.75 Å². The molecule has 0 atom stereocenters. The SMILES string of the molecule is COc1c(Nc2cc(NC(=O)C3CC3)nc3[nH]n(C)c(=O)c23)cccc1-c1nnnn1C.